The monoisotopic (exact) mass is 368 g/mol. The Morgan fingerprint density at radius 3 is 2.74 bits per heavy atom. The molecule has 1 heterocycles. The molecule has 1 aromatic heterocycles. The van der Waals surface area contributed by atoms with Crippen LogP contribution in [0.25, 0.3) is 10.9 Å². The first-order valence-electron chi connectivity index (χ1n) is 8.71. The number of anilines is 1. The Bertz CT molecular complexity index is 1060. The van der Waals surface area contributed by atoms with Gasteiger partial charge in [0.25, 0.3) is 11.2 Å². The molecule has 0 radical (unpaired) electrons. The van der Waals surface area contributed by atoms with Crippen LogP contribution in [0, 0.1) is 15.9 Å². The van der Waals surface area contributed by atoms with Gasteiger partial charge in [-0.3, -0.25) is 14.9 Å². The predicted octanol–water partition coefficient (Wildman–Crippen LogP) is 3.72. The Balaban J connectivity index is 1.71. The lowest BCUT2D eigenvalue weighted by Crippen LogP contribution is -2.23. The molecule has 1 fully saturated rings. The summed E-state index contributed by atoms with van der Waals surface area (Å²) < 4.78 is 13.2. The molecule has 0 saturated heterocycles. The summed E-state index contributed by atoms with van der Waals surface area (Å²) in [6, 6.07) is 9.16. The predicted molar refractivity (Wildman–Crippen MR) is 99.4 cm³/mol. The molecule has 2 aromatic carbocycles. The minimum Gasteiger partial charge on any atom is -0.376 e. The van der Waals surface area contributed by atoms with Gasteiger partial charge in [0.05, 0.1) is 22.2 Å². The fraction of sp³-hybridized carbons (Fsp3) is 0.263. The molecular formula is C19H17FN4O3. The number of nitro benzene ring substituents is 1. The quantitative estimate of drug-likeness (QED) is 0.540. The molecule has 0 aliphatic heterocycles. The summed E-state index contributed by atoms with van der Waals surface area (Å²) in [6.07, 6.45) is 4.01. The molecule has 3 aromatic rings. The average Bonchev–Trinajstić information content (AvgIpc) is 3.10. The van der Waals surface area contributed by atoms with E-state index >= 15 is 0 Å². The zero-order valence-corrected chi connectivity index (χ0v) is 14.3. The van der Waals surface area contributed by atoms with Gasteiger partial charge in [0.15, 0.2) is 0 Å². The zero-order valence-electron chi connectivity index (χ0n) is 14.3. The normalized spacial score (nSPS) is 19.3. The molecular weight excluding hydrogens is 351 g/mol. The number of nitrogens with zero attached hydrogens (tertiary/aromatic N) is 2. The van der Waals surface area contributed by atoms with Crippen LogP contribution in [0.5, 0.6) is 0 Å². The summed E-state index contributed by atoms with van der Waals surface area (Å²) in [5.74, 6) is -0.157. The van der Waals surface area contributed by atoms with Gasteiger partial charge in [-0.2, -0.15) is 0 Å². The van der Waals surface area contributed by atoms with E-state index in [0.29, 0.717) is 11.2 Å². The number of nitrogens with one attached hydrogen (secondary N) is 2. The molecule has 2 atom stereocenters. The summed E-state index contributed by atoms with van der Waals surface area (Å²) in [7, 11) is 0. The van der Waals surface area contributed by atoms with E-state index in [4.69, 9.17) is 0 Å². The Morgan fingerprint density at radius 1 is 1.22 bits per heavy atom. The Labute approximate surface area is 153 Å². The van der Waals surface area contributed by atoms with E-state index in [0.717, 1.165) is 24.8 Å². The number of rotatable bonds is 4. The number of hydrogen-bond donors (Lipinski definition) is 2. The number of nitro groups is 1. The van der Waals surface area contributed by atoms with Gasteiger partial charge >= 0.3 is 0 Å². The van der Waals surface area contributed by atoms with Crippen molar-refractivity contribution in [2.45, 2.75) is 31.2 Å². The van der Waals surface area contributed by atoms with Crippen LogP contribution in [0.3, 0.4) is 0 Å². The first-order chi connectivity index (χ1) is 13.0. The van der Waals surface area contributed by atoms with Crippen LogP contribution in [-0.4, -0.2) is 20.9 Å². The van der Waals surface area contributed by atoms with Crippen LogP contribution in [0.2, 0.25) is 0 Å². The number of H-pyrrole nitrogens is 1. The maximum Gasteiger partial charge on any atom is 0.293 e. The smallest absolute Gasteiger partial charge is 0.293 e. The van der Waals surface area contributed by atoms with E-state index in [-0.39, 0.29) is 28.9 Å². The summed E-state index contributed by atoms with van der Waals surface area (Å²) in [4.78, 5) is 29.5. The average molecular weight is 368 g/mol. The Morgan fingerprint density at radius 2 is 2.00 bits per heavy atom. The highest BCUT2D eigenvalue weighted by Gasteiger charge is 2.30. The minimum atomic E-state index is -0.504. The fourth-order valence-electron chi connectivity index (χ4n) is 3.81. The minimum absolute atomic E-state index is 0.0198. The van der Waals surface area contributed by atoms with Gasteiger partial charge in [-0.1, -0.05) is 18.6 Å². The van der Waals surface area contributed by atoms with Crippen LogP contribution in [0.4, 0.5) is 15.8 Å². The SMILES string of the molecule is O=c1[nH]cnc2cc(NC3CCCC3c3ccc(F)cc3)c([N+](=O)[O-])cc12. The van der Waals surface area contributed by atoms with Gasteiger partial charge in [-0.15, -0.1) is 0 Å². The van der Waals surface area contributed by atoms with E-state index in [2.05, 4.69) is 15.3 Å². The van der Waals surface area contributed by atoms with Crippen molar-refractivity contribution in [3.63, 3.8) is 0 Å². The van der Waals surface area contributed by atoms with E-state index in [1.54, 1.807) is 18.2 Å². The number of aromatic nitrogens is 2. The van der Waals surface area contributed by atoms with Crippen molar-refractivity contribution in [1.29, 1.82) is 0 Å². The highest BCUT2D eigenvalue weighted by atomic mass is 19.1. The first-order valence-corrected chi connectivity index (χ1v) is 8.71. The van der Waals surface area contributed by atoms with Crippen LogP contribution >= 0.6 is 0 Å². The van der Waals surface area contributed by atoms with Gasteiger partial charge in [0.1, 0.15) is 11.5 Å². The van der Waals surface area contributed by atoms with Crippen LogP contribution in [-0.2, 0) is 0 Å². The topological polar surface area (TPSA) is 101 Å². The van der Waals surface area contributed by atoms with Crippen LogP contribution in [0.15, 0.2) is 47.5 Å². The molecule has 4 rings (SSSR count). The van der Waals surface area contributed by atoms with Crippen molar-refractivity contribution in [3.8, 4) is 0 Å². The number of benzene rings is 2. The standard InChI is InChI=1S/C19H17FN4O3/c20-12-6-4-11(5-7-12)13-2-1-3-15(13)23-17-9-16-14(8-18(17)24(26)27)19(25)22-10-21-16/h4-10,13,15,23H,1-3H2,(H,21,22,25). The van der Waals surface area contributed by atoms with Gasteiger partial charge < -0.3 is 10.3 Å². The number of halogens is 1. The van der Waals surface area contributed by atoms with Gasteiger partial charge in [-0.05, 0) is 36.6 Å². The lowest BCUT2D eigenvalue weighted by atomic mass is 9.93. The van der Waals surface area contributed by atoms with Crippen molar-refractivity contribution in [2.75, 3.05) is 5.32 Å². The van der Waals surface area contributed by atoms with E-state index in [9.17, 15) is 19.3 Å². The maximum absolute atomic E-state index is 13.2. The third kappa shape index (κ3) is 3.25. The zero-order chi connectivity index (χ0) is 19.0. The highest BCUT2D eigenvalue weighted by molar-refractivity contribution is 5.86. The highest BCUT2D eigenvalue weighted by Crippen LogP contribution is 2.38. The molecule has 1 aliphatic rings. The van der Waals surface area contributed by atoms with Crippen LogP contribution < -0.4 is 10.9 Å². The fourth-order valence-corrected chi connectivity index (χ4v) is 3.81. The summed E-state index contributed by atoms with van der Waals surface area (Å²) in [5, 5.41) is 15.0. The third-order valence-electron chi connectivity index (χ3n) is 5.11. The molecule has 138 valence electrons. The van der Waals surface area contributed by atoms with Crippen molar-refractivity contribution < 1.29 is 9.31 Å². The lowest BCUT2D eigenvalue weighted by molar-refractivity contribution is -0.383. The van der Waals surface area contributed by atoms with E-state index < -0.39 is 10.5 Å². The lowest BCUT2D eigenvalue weighted by Gasteiger charge is -2.22. The van der Waals surface area contributed by atoms with Crippen LogP contribution in [0.1, 0.15) is 30.7 Å². The molecule has 1 saturated carbocycles. The molecule has 27 heavy (non-hydrogen) atoms. The molecule has 7 nitrogen and oxygen atoms in total. The second-order valence-corrected chi connectivity index (χ2v) is 6.72. The van der Waals surface area contributed by atoms with E-state index in [1.807, 2.05) is 0 Å². The van der Waals surface area contributed by atoms with Gasteiger partial charge in [0, 0.05) is 18.0 Å². The Kier molecular flexibility index (Phi) is 4.31. The molecule has 2 unspecified atom stereocenters. The van der Waals surface area contributed by atoms with Gasteiger partial charge in [-0.25, -0.2) is 9.37 Å². The number of fused-ring (bicyclic) bond motifs is 1. The van der Waals surface area contributed by atoms with Gasteiger partial charge in [0.2, 0.25) is 0 Å². The molecule has 0 spiro atoms. The summed E-state index contributed by atoms with van der Waals surface area (Å²) in [5.41, 5.74) is 1.16. The molecule has 1 aliphatic carbocycles. The molecule has 0 amide bonds. The summed E-state index contributed by atoms with van der Waals surface area (Å²) >= 11 is 0. The third-order valence-corrected chi connectivity index (χ3v) is 5.11. The molecule has 0 bridgehead atoms. The number of hydrogen-bond acceptors (Lipinski definition) is 5. The van der Waals surface area contributed by atoms with Crippen molar-refractivity contribution in [1.82, 2.24) is 9.97 Å². The molecule has 2 N–H and O–H groups in total. The van der Waals surface area contributed by atoms with E-state index in [1.165, 1.54) is 24.5 Å². The first kappa shape index (κ1) is 17.1. The number of aromatic amines is 1. The largest absolute Gasteiger partial charge is 0.376 e. The maximum atomic E-state index is 13.2. The second-order valence-electron chi connectivity index (χ2n) is 6.72. The Hall–Kier alpha value is -3.29. The molecule has 8 heteroatoms. The summed E-state index contributed by atoms with van der Waals surface area (Å²) in [6.45, 7) is 0. The van der Waals surface area contributed by atoms with Crippen molar-refractivity contribution in [3.05, 3.63) is 74.6 Å². The van der Waals surface area contributed by atoms with Crippen molar-refractivity contribution in [2.24, 2.45) is 0 Å². The van der Waals surface area contributed by atoms with Crippen molar-refractivity contribution >= 4 is 22.3 Å². The second kappa shape index (κ2) is 6.79.